The van der Waals surface area contributed by atoms with E-state index in [-0.39, 0.29) is 34.6 Å². The van der Waals surface area contributed by atoms with Crippen molar-refractivity contribution in [3.63, 3.8) is 0 Å². The van der Waals surface area contributed by atoms with Crippen molar-refractivity contribution in [3.05, 3.63) is 22.7 Å². The number of carbonyl (C=O) groups excluding carboxylic acids is 1. The number of rotatable bonds is 11. The molecule has 0 unspecified atom stereocenters. The van der Waals surface area contributed by atoms with Crippen LogP contribution in [0.25, 0.3) is 0 Å². The van der Waals surface area contributed by atoms with Gasteiger partial charge in [-0.1, -0.05) is 55.4 Å². The third kappa shape index (κ3) is 8.65. The van der Waals surface area contributed by atoms with Gasteiger partial charge in [0.1, 0.15) is 30.9 Å². The fourth-order valence-electron chi connectivity index (χ4n) is 6.05. The highest BCUT2D eigenvalue weighted by Crippen LogP contribution is 2.49. The van der Waals surface area contributed by atoms with E-state index in [2.05, 4.69) is 10.3 Å². The van der Waals surface area contributed by atoms with E-state index >= 15 is 0 Å². The fourth-order valence-corrected chi connectivity index (χ4v) is 17.3. The number of hydrogen-bond acceptors (Lipinski definition) is 9. The maximum atomic E-state index is 13.2. The lowest BCUT2D eigenvalue weighted by Crippen LogP contribution is -2.66. The van der Waals surface area contributed by atoms with Crippen LogP contribution in [0, 0.1) is 5.92 Å². The van der Waals surface area contributed by atoms with E-state index in [0.717, 1.165) is 4.57 Å². The molecule has 3 heterocycles. The molecule has 0 spiro atoms. The molecule has 270 valence electrons. The fraction of sp³-hybridized carbons (Fsp3) is 0.821. The SMILES string of the molecule is CC(=O)Nc1ccn([C@@H]2O[C@@H]3CO[Si](C(C)C)(C(C)C)O[Si](C(C)C)(C(C)C)O[C@H]3[C@H]2OCOCC(C(F)(F)F)C(F)(F)F)c(=O)n1. The van der Waals surface area contributed by atoms with Gasteiger partial charge in [0.15, 0.2) is 12.1 Å². The number of ether oxygens (including phenoxy) is 3. The molecule has 0 bridgehead atoms. The minimum absolute atomic E-state index is 0.00646. The molecular formula is C28H45F6N3O8Si2. The van der Waals surface area contributed by atoms with E-state index < -0.39 is 84.9 Å². The van der Waals surface area contributed by atoms with Gasteiger partial charge in [0, 0.05) is 13.1 Å². The number of fused-ring (bicyclic) bond motifs is 1. The summed E-state index contributed by atoms with van der Waals surface area (Å²) in [5.74, 6) is -4.25. The molecule has 2 fully saturated rings. The molecule has 0 radical (unpaired) electrons. The Morgan fingerprint density at radius 2 is 1.55 bits per heavy atom. The lowest BCUT2D eigenvalue weighted by atomic mass is 10.1. The second-order valence-electron chi connectivity index (χ2n) is 13.1. The van der Waals surface area contributed by atoms with Gasteiger partial charge in [0.05, 0.1) is 13.2 Å². The average Bonchev–Trinajstić information content (AvgIpc) is 3.21. The van der Waals surface area contributed by atoms with Crippen molar-refractivity contribution in [1.29, 1.82) is 0 Å². The molecule has 1 amide bonds. The smallest absolute Gasteiger partial charge is 0.402 e. The van der Waals surface area contributed by atoms with Crippen LogP contribution in [0.5, 0.6) is 0 Å². The maximum Gasteiger partial charge on any atom is 0.402 e. The molecule has 19 heteroatoms. The highest BCUT2D eigenvalue weighted by atomic mass is 28.5. The number of hydrogen-bond donors (Lipinski definition) is 1. The van der Waals surface area contributed by atoms with Crippen LogP contribution < -0.4 is 11.0 Å². The molecule has 2 saturated heterocycles. The molecule has 0 aromatic carbocycles. The van der Waals surface area contributed by atoms with Gasteiger partial charge in [-0.15, -0.1) is 0 Å². The van der Waals surface area contributed by atoms with Crippen LogP contribution in [0.2, 0.25) is 22.2 Å². The van der Waals surface area contributed by atoms with Crippen LogP contribution in [-0.2, 0) is 32.0 Å². The van der Waals surface area contributed by atoms with Crippen LogP contribution in [0.1, 0.15) is 68.5 Å². The summed E-state index contributed by atoms with van der Waals surface area (Å²) in [5, 5.41) is 2.39. The zero-order chi connectivity index (χ0) is 35.7. The van der Waals surface area contributed by atoms with Gasteiger partial charge in [0.25, 0.3) is 0 Å². The van der Waals surface area contributed by atoms with Crippen molar-refractivity contribution >= 4 is 28.8 Å². The Morgan fingerprint density at radius 3 is 2.02 bits per heavy atom. The minimum atomic E-state index is -5.60. The van der Waals surface area contributed by atoms with Crippen LogP contribution in [0.3, 0.4) is 0 Å². The van der Waals surface area contributed by atoms with Crippen LogP contribution in [-0.4, -0.2) is 83.3 Å². The van der Waals surface area contributed by atoms with E-state index in [1.165, 1.54) is 19.2 Å². The molecule has 1 aromatic heterocycles. The quantitative estimate of drug-likeness (QED) is 0.124. The van der Waals surface area contributed by atoms with Gasteiger partial charge in [-0.05, 0) is 28.2 Å². The lowest BCUT2D eigenvalue weighted by Gasteiger charge is -2.51. The van der Waals surface area contributed by atoms with E-state index in [1.54, 1.807) is 0 Å². The minimum Gasteiger partial charge on any atom is -0.414 e. The molecule has 0 aliphatic carbocycles. The van der Waals surface area contributed by atoms with Gasteiger partial charge < -0.3 is 32.5 Å². The molecule has 1 N–H and O–H groups in total. The Morgan fingerprint density at radius 1 is 1.00 bits per heavy atom. The molecule has 3 rings (SSSR count). The topological polar surface area (TPSA) is 119 Å². The van der Waals surface area contributed by atoms with Gasteiger partial charge in [-0.25, -0.2) is 4.79 Å². The zero-order valence-corrected chi connectivity index (χ0v) is 29.9. The predicted molar refractivity (Wildman–Crippen MR) is 162 cm³/mol. The zero-order valence-electron chi connectivity index (χ0n) is 27.9. The molecule has 11 nitrogen and oxygen atoms in total. The van der Waals surface area contributed by atoms with Gasteiger partial charge >= 0.3 is 35.2 Å². The van der Waals surface area contributed by atoms with Crippen LogP contribution in [0.15, 0.2) is 17.1 Å². The predicted octanol–water partition coefficient (Wildman–Crippen LogP) is 6.16. The summed E-state index contributed by atoms with van der Waals surface area (Å²) in [6.07, 6.45) is -14.4. The molecule has 1 aromatic rings. The second kappa shape index (κ2) is 14.9. The first-order chi connectivity index (χ1) is 21.6. The summed E-state index contributed by atoms with van der Waals surface area (Å²) < 4.78 is 118. The van der Waals surface area contributed by atoms with Gasteiger partial charge in [0.2, 0.25) is 5.91 Å². The van der Waals surface area contributed by atoms with Crippen molar-refractivity contribution < 1.29 is 58.3 Å². The van der Waals surface area contributed by atoms with E-state index in [9.17, 15) is 35.9 Å². The van der Waals surface area contributed by atoms with Crippen molar-refractivity contribution in [2.24, 2.45) is 5.92 Å². The third-order valence-electron chi connectivity index (χ3n) is 8.44. The number of carbonyl (C=O) groups is 1. The van der Waals surface area contributed by atoms with Crippen molar-refractivity contribution in [2.75, 3.05) is 25.3 Å². The Bertz CT molecular complexity index is 1250. The van der Waals surface area contributed by atoms with E-state index in [4.69, 9.17) is 27.2 Å². The summed E-state index contributed by atoms with van der Waals surface area (Å²) in [5.41, 5.74) is -1.18. The molecule has 0 saturated carbocycles. The Kier molecular flexibility index (Phi) is 12.6. The summed E-state index contributed by atoms with van der Waals surface area (Å²) in [7, 11) is -6.33. The number of anilines is 1. The van der Waals surface area contributed by atoms with Crippen LogP contribution in [0.4, 0.5) is 32.2 Å². The third-order valence-corrected chi connectivity index (χ3v) is 18.7. The molecule has 2 aliphatic rings. The normalized spacial score (nSPS) is 25.0. The number of aromatic nitrogens is 2. The summed E-state index contributed by atoms with van der Waals surface area (Å²) in [6.45, 7) is 14.3. The lowest BCUT2D eigenvalue weighted by molar-refractivity contribution is -0.299. The molecule has 2 aliphatic heterocycles. The number of alkyl halides is 6. The standard InChI is InChI=1S/C28H45F6N3O8Si2/c1-15(2)46(16(3)4)42-12-20-23(44-47(45-46,17(5)6)18(7)8)24(41-14-40-13-21(27(29,30)31)28(32,33)34)25(43-20)37-11-10-22(35-19(9)38)36-26(37)39/h10-11,15-18,20-21,23-25H,12-14H2,1-9H3,(H,35,36,38,39)/t20-,23-,24-,25-/m1/s1. The van der Waals surface area contributed by atoms with Crippen LogP contribution >= 0.6 is 0 Å². The average molecular weight is 722 g/mol. The Hall–Kier alpha value is -1.88. The van der Waals surface area contributed by atoms with Crippen molar-refractivity contribution in [1.82, 2.24) is 9.55 Å². The Labute approximate surface area is 272 Å². The van der Waals surface area contributed by atoms with E-state index in [1.807, 2.05) is 55.4 Å². The summed E-state index contributed by atoms with van der Waals surface area (Å²) in [6, 6.07) is 1.33. The van der Waals surface area contributed by atoms with Gasteiger partial charge in [-0.3, -0.25) is 9.36 Å². The maximum absolute atomic E-state index is 13.2. The first-order valence-electron chi connectivity index (χ1n) is 15.4. The van der Waals surface area contributed by atoms with Crippen molar-refractivity contribution in [3.8, 4) is 0 Å². The largest absolute Gasteiger partial charge is 0.414 e. The molecule has 47 heavy (non-hydrogen) atoms. The Balaban J connectivity index is 2.07. The highest BCUT2D eigenvalue weighted by molar-refractivity contribution is 6.84. The van der Waals surface area contributed by atoms with Gasteiger partial charge in [-0.2, -0.15) is 31.3 Å². The number of amides is 1. The first-order valence-corrected chi connectivity index (χ1v) is 19.4. The first kappa shape index (κ1) is 39.6. The molecular weight excluding hydrogens is 676 g/mol. The monoisotopic (exact) mass is 721 g/mol. The highest BCUT2D eigenvalue weighted by Gasteiger charge is 2.62. The van der Waals surface area contributed by atoms with Crippen molar-refractivity contribution in [2.45, 2.75) is 121 Å². The number of nitrogens with one attached hydrogen (secondary N) is 1. The van der Waals surface area contributed by atoms with E-state index in [0.29, 0.717) is 0 Å². The second-order valence-corrected chi connectivity index (χ2v) is 21.9. The molecule has 4 atom stereocenters. The number of nitrogens with zero attached hydrogens (tertiary/aromatic N) is 2. The summed E-state index contributed by atoms with van der Waals surface area (Å²) in [4.78, 5) is 28.5. The summed E-state index contributed by atoms with van der Waals surface area (Å²) >= 11 is 0. The number of halogens is 6.